The number of esters is 1. The molecule has 0 spiro atoms. The van der Waals surface area contributed by atoms with Gasteiger partial charge in [0, 0.05) is 11.4 Å². The van der Waals surface area contributed by atoms with Crippen LogP contribution < -0.4 is 11.1 Å². The van der Waals surface area contributed by atoms with Crippen molar-refractivity contribution in [3.8, 4) is 0 Å². The van der Waals surface area contributed by atoms with Gasteiger partial charge in [-0.3, -0.25) is 0 Å². The summed E-state index contributed by atoms with van der Waals surface area (Å²) in [6.45, 7) is 0. The number of nitrogens with two attached hydrogens (primary N) is 1. The summed E-state index contributed by atoms with van der Waals surface area (Å²) in [5, 5.41) is 3.29. The Bertz CT molecular complexity index is 887. The van der Waals surface area contributed by atoms with Gasteiger partial charge in [0.25, 0.3) is 0 Å². The van der Waals surface area contributed by atoms with Crippen LogP contribution in [0.4, 0.5) is 17.1 Å². The number of nitrogen functional groups attached to an aromatic ring is 1. The van der Waals surface area contributed by atoms with Gasteiger partial charge in [0.2, 0.25) is 0 Å². The molecule has 3 N–H and O–H groups in total. The number of carbonyl (C=O) groups is 1. The number of hydrogen-bond donors (Lipinski definition) is 2. The summed E-state index contributed by atoms with van der Waals surface area (Å²) in [6, 6.07) is 23.7. The van der Waals surface area contributed by atoms with E-state index in [4.69, 9.17) is 10.5 Å². The van der Waals surface area contributed by atoms with Gasteiger partial charge in [0.05, 0.1) is 18.4 Å². The van der Waals surface area contributed by atoms with Crippen LogP contribution in [-0.2, 0) is 17.6 Å². The first kappa shape index (κ1) is 18.5. The Balaban J connectivity index is 1.57. The fourth-order valence-corrected chi connectivity index (χ4v) is 2.97. The molecule has 4 nitrogen and oxygen atoms in total. The number of anilines is 3. The van der Waals surface area contributed by atoms with Crippen molar-refractivity contribution in [3.05, 3.63) is 89.5 Å². The van der Waals surface area contributed by atoms with Gasteiger partial charge in [-0.1, -0.05) is 36.4 Å². The molecule has 0 aromatic heterocycles. The average Bonchev–Trinajstić information content (AvgIpc) is 2.70. The van der Waals surface area contributed by atoms with Crippen molar-refractivity contribution in [3.63, 3.8) is 0 Å². The summed E-state index contributed by atoms with van der Waals surface area (Å²) in [5.41, 5.74) is 11.3. The predicted molar refractivity (Wildman–Crippen MR) is 110 cm³/mol. The fraction of sp³-hybridized carbons (Fsp3) is 0.174. The first-order valence-corrected chi connectivity index (χ1v) is 9.03. The third kappa shape index (κ3) is 5.11. The van der Waals surface area contributed by atoms with Gasteiger partial charge in [-0.15, -0.1) is 0 Å². The molecule has 3 aromatic carbocycles. The van der Waals surface area contributed by atoms with Crippen molar-refractivity contribution in [1.29, 1.82) is 0 Å². The van der Waals surface area contributed by atoms with E-state index >= 15 is 0 Å². The van der Waals surface area contributed by atoms with Gasteiger partial charge in [-0.2, -0.15) is 0 Å². The van der Waals surface area contributed by atoms with Crippen LogP contribution in [0.25, 0.3) is 0 Å². The Morgan fingerprint density at radius 1 is 0.889 bits per heavy atom. The Labute approximate surface area is 160 Å². The smallest absolute Gasteiger partial charge is 0.339 e. The minimum Gasteiger partial charge on any atom is -0.465 e. The monoisotopic (exact) mass is 360 g/mol. The first-order chi connectivity index (χ1) is 13.2. The largest absolute Gasteiger partial charge is 0.465 e. The molecule has 3 rings (SSSR count). The maximum absolute atomic E-state index is 11.9. The first-order valence-electron chi connectivity index (χ1n) is 9.03. The highest BCUT2D eigenvalue weighted by Crippen LogP contribution is 2.22. The van der Waals surface area contributed by atoms with Gasteiger partial charge in [-0.25, -0.2) is 4.79 Å². The van der Waals surface area contributed by atoms with Crippen LogP contribution in [0.5, 0.6) is 0 Å². The molecule has 0 aliphatic rings. The lowest BCUT2D eigenvalue weighted by Crippen LogP contribution is -2.05. The summed E-state index contributed by atoms with van der Waals surface area (Å²) >= 11 is 0. The van der Waals surface area contributed by atoms with E-state index in [1.165, 1.54) is 18.2 Å². The second-order valence-corrected chi connectivity index (χ2v) is 6.45. The van der Waals surface area contributed by atoms with E-state index in [1.54, 1.807) is 6.07 Å². The number of hydrogen-bond acceptors (Lipinski definition) is 4. The molecule has 0 heterocycles. The highest BCUT2D eigenvalue weighted by Gasteiger charge is 2.10. The van der Waals surface area contributed by atoms with Crippen LogP contribution in [0.1, 0.15) is 27.9 Å². The molecule has 0 fully saturated rings. The van der Waals surface area contributed by atoms with E-state index in [2.05, 4.69) is 29.6 Å². The molecule has 0 radical (unpaired) electrons. The molecule has 27 heavy (non-hydrogen) atoms. The SMILES string of the molecule is COC(=O)c1ccccc1Nc1ccc(CCCc2ccc(N)cc2)cc1. The molecule has 4 heteroatoms. The zero-order valence-electron chi connectivity index (χ0n) is 15.4. The van der Waals surface area contributed by atoms with Crippen molar-refractivity contribution >= 4 is 23.0 Å². The quantitative estimate of drug-likeness (QED) is 0.461. The molecule has 0 saturated carbocycles. The molecule has 0 atom stereocenters. The van der Waals surface area contributed by atoms with Crippen LogP contribution in [0.2, 0.25) is 0 Å². The number of para-hydroxylation sites is 1. The average molecular weight is 360 g/mol. The fourth-order valence-electron chi connectivity index (χ4n) is 2.97. The van der Waals surface area contributed by atoms with E-state index in [-0.39, 0.29) is 5.97 Å². The van der Waals surface area contributed by atoms with Crippen molar-refractivity contribution in [2.45, 2.75) is 19.3 Å². The topological polar surface area (TPSA) is 64.3 Å². The minimum absolute atomic E-state index is 0.350. The molecule has 0 amide bonds. The van der Waals surface area contributed by atoms with Crippen LogP contribution >= 0.6 is 0 Å². The van der Waals surface area contributed by atoms with E-state index in [9.17, 15) is 4.79 Å². The molecule has 0 saturated heterocycles. The Hall–Kier alpha value is -3.27. The second-order valence-electron chi connectivity index (χ2n) is 6.45. The van der Waals surface area contributed by atoms with Crippen molar-refractivity contribution < 1.29 is 9.53 Å². The number of rotatable bonds is 7. The molecule has 3 aromatic rings. The van der Waals surface area contributed by atoms with Crippen LogP contribution in [0, 0.1) is 0 Å². The lowest BCUT2D eigenvalue weighted by Gasteiger charge is -2.11. The van der Waals surface area contributed by atoms with Crippen LogP contribution in [0.15, 0.2) is 72.8 Å². The van der Waals surface area contributed by atoms with Crippen molar-refractivity contribution in [2.24, 2.45) is 0 Å². The third-order valence-corrected chi connectivity index (χ3v) is 4.48. The number of aryl methyl sites for hydroxylation is 2. The van der Waals surface area contributed by atoms with Gasteiger partial charge in [0.15, 0.2) is 0 Å². The summed E-state index contributed by atoms with van der Waals surface area (Å²) in [5.74, 6) is -0.350. The third-order valence-electron chi connectivity index (χ3n) is 4.48. The molecule has 0 aliphatic carbocycles. The maximum Gasteiger partial charge on any atom is 0.339 e. The molecular formula is C23H24N2O2. The molecule has 0 aliphatic heterocycles. The maximum atomic E-state index is 11.9. The standard InChI is InChI=1S/C23H24N2O2/c1-27-23(26)21-7-2-3-8-22(21)25-20-15-11-18(12-16-20)6-4-5-17-9-13-19(24)14-10-17/h2-3,7-16,25H,4-6,24H2,1H3. The summed E-state index contributed by atoms with van der Waals surface area (Å²) in [6.07, 6.45) is 3.14. The molecule has 0 bridgehead atoms. The number of carbonyl (C=O) groups excluding carboxylic acids is 1. The van der Waals surface area contributed by atoms with Crippen molar-refractivity contribution in [2.75, 3.05) is 18.2 Å². The van der Waals surface area contributed by atoms with Gasteiger partial charge >= 0.3 is 5.97 Å². The zero-order valence-corrected chi connectivity index (χ0v) is 15.4. The Morgan fingerprint density at radius 2 is 1.48 bits per heavy atom. The summed E-state index contributed by atoms with van der Waals surface area (Å²) < 4.78 is 4.84. The van der Waals surface area contributed by atoms with Crippen molar-refractivity contribution in [1.82, 2.24) is 0 Å². The van der Waals surface area contributed by atoms with E-state index in [0.717, 1.165) is 36.3 Å². The number of ether oxygens (including phenoxy) is 1. The number of nitrogens with one attached hydrogen (secondary N) is 1. The Morgan fingerprint density at radius 3 is 2.11 bits per heavy atom. The van der Waals surface area contributed by atoms with Crippen LogP contribution in [0.3, 0.4) is 0 Å². The summed E-state index contributed by atoms with van der Waals surface area (Å²) in [7, 11) is 1.39. The number of methoxy groups -OCH3 is 1. The van der Waals surface area contributed by atoms with Gasteiger partial charge < -0.3 is 15.8 Å². The normalized spacial score (nSPS) is 10.4. The minimum atomic E-state index is -0.350. The highest BCUT2D eigenvalue weighted by atomic mass is 16.5. The molecular weight excluding hydrogens is 336 g/mol. The predicted octanol–water partition coefficient (Wildman–Crippen LogP) is 4.97. The van der Waals surface area contributed by atoms with E-state index < -0.39 is 0 Å². The number of benzene rings is 3. The van der Waals surface area contributed by atoms with Gasteiger partial charge in [-0.05, 0) is 66.8 Å². The van der Waals surface area contributed by atoms with Crippen LogP contribution in [-0.4, -0.2) is 13.1 Å². The molecule has 138 valence electrons. The lowest BCUT2D eigenvalue weighted by molar-refractivity contribution is 0.0602. The lowest BCUT2D eigenvalue weighted by atomic mass is 10.0. The summed E-state index contributed by atoms with van der Waals surface area (Å²) in [4.78, 5) is 11.9. The Kier molecular flexibility index (Phi) is 6.10. The van der Waals surface area contributed by atoms with E-state index in [1.807, 2.05) is 42.5 Å². The van der Waals surface area contributed by atoms with Gasteiger partial charge in [0.1, 0.15) is 0 Å². The zero-order chi connectivity index (χ0) is 19.1. The highest BCUT2D eigenvalue weighted by molar-refractivity contribution is 5.96. The molecule has 0 unspecified atom stereocenters. The van der Waals surface area contributed by atoms with E-state index in [0.29, 0.717) is 5.56 Å². The second kappa shape index (κ2) is 8.90.